The Morgan fingerprint density at radius 3 is 2.60 bits per heavy atom. The predicted molar refractivity (Wildman–Crippen MR) is 95.7 cm³/mol. The summed E-state index contributed by atoms with van der Waals surface area (Å²) >= 11 is 0.951. The lowest BCUT2D eigenvalue weighted by atomic mass is 10.2. The third kappa shape index (κ3) is 3.13. The molecule has 10 heteroatoms. The number of aromatic nitrogens is 1. The first-order valence-electron chi connectivity index (χ1n) is 7.06. The van der Waals surface area contributed by atoms with Crippen LogP contribution in [-0.4, -0.2) is 17.9 Å². The van der Waals surface area contributed by atoms with E-state index in [2.05, 4.69) is 4.72 Å². The molecule has 8 nitrogen and oxygen atoms in total. The van der Waals surface area contributed by atoms with Crippen LogP contribution in [0.2, 0.25) is 0 Å². The van der Waals surface area contributed by atoms with Gasteiger partial charge in [0.25, 0.3) is 15.7 Å². The third-order valence-electron chi connectivity index (χ3n) is 3.75. The number of fused-ring (bicyclic) bond motifs is 1. The number of nitrogens with one attached hydrogen (secondary N) is 1. The lowest BCUT2D eigenvalue weighted by Gasteiger charge is -2.10. The van der Waals surface area contributed by atoms with Crippen LogP contribution >= 0.6 is 11.3 Å². The minimum Gasteiger partial charge on any atom is -0.302 e. The van der Waals surface area contributed by atoms with Crippen LogP contribution in [0.15, 0.2) is 46.1 Å². The number of anilines is 1. The average molecular weight is 379 g/mol. The standard InChI is InChI=1S/C15H13N3O5S2/c1-9-3-4-10(18(20)21)7-12(9)16-25(22,23)11-5-6-13-14(8-11)24-15(19)17(13)2/h3-8,16H,1-2H3. The highest BCUT2D eigenvalue weighted by atomic mass is 32.2. The van der Waals surface area contributed by atoms with Gasteiger partial charge in [0.1, 0.15) is 0 Å². The van der Waals surface area contributed by atoms with Crippen molar-refractivity contribution in [2.24, 2.45) is 7.05 Å². The van der Waals surface area contributed by atoms with Gasteiger partial charge in [-0.25, -0.2) is 8.42 Å². The second-order valence-electron chi connectivity index (χ2n) is 5.42. The van der Waals surface area contributed by atoms with Crippen molar-refractivity contribution in [3.63, 3.8) is 0 Å². The van der Waals surface area contributed by atoms with Gasteiger partial charge in [0, 0.05) is 19.2 Å². The van der Waals surface area contributed by atoms with Crippen LogP contribution in [0.5, 0.6) is 0 Å². The Kier molecular flexibility index (Phi) is 4.09. The fraction of sp³-hybridized carbons (Fsp3) is 0.133. The molecule has 0 spiro atoms. The molecule has 0 aliphatic heterocycles. The van der Waals surface area contributed by atoms with Gasteiger partial charge < -0.3 is 4.57 Å². The van der Waals surface area contributed by atoms with E-state index in [4.69, 9.17) is 0 Å². The van der Waals surface area contributed by atoms with Crippen molar-refractivity contribution in [1.82, 2.24) is 4.57 Å². The first-order valence-corrected chi connectivity index (χ1v) is 9.36. The molecule has 0 bridgehead atoms. The average Bonchev–Trinajstić information content (AvgIpc) is 2.83. The van der Waals surface area contributed by atoms with E-state index in [1.807, 2.05) is 0 Å². The normalized spacial score (nSPS) is 11.6. The predicted octanol–water partition coefficient (Wildman–Crippen LogP) is 2.62. The Morgan fingerprint density at radius 2 is 1.92 bits per heavy atom. The molecular formula is C15H13N3O5S2. The molecule has 3 rings (SSSR count). The number of hydrogen-bond donors (Lipinski definition) is 1. The van der Waals surface area contributed by atoms with Gasteiger partial charge in [0.2, 0.25) is 0 Å². The molecule has 0 saturated carbocycles. The van der Waals surface area contributed by atoms with Crippen LogP contribution in [0, 0.1) is 17.0 Å². The molecule has 1 aromatic heterocycles. The maximum absolute atomic E-state index is 12.6. The van der Waals surface area contributed by atoms with Crippen LogP contribution in [0.25, 0.3) is 10.2 Å². The topological polar surface area (TPSA) is 111 Å². The fourth-order valence-corrected chi connectivity index (χ4v) is 4.46. The van der Waals surface area contributed by atoms with Crippen LogP contribution in [0.3, 0.4) is 0 Å². The van der Waals surface area contributed by atoms with E-state index in [0.717, 1.165) is 11.3 Å². The zero-order valence-electron chi connectivity index (χ0n) is 13.2. The Hall–Kier alpha value is -2.72. The molecule has 1 N–H and O–H groups in total. The maximum Gasteiger partial charge on any atom is 0.307 e. The Balaban J connectivity index is 2.04. The molecule has 0 fully saturated rings. The highest BCUT2D eigenvalue weighted by Gasteiger charge is 2.19. The molecule has 0 aliphatic carbocycles. The summed E-state index contributed by atoms with van der Waals surface area (Å²) in [4.78, 5) is 21.8. The SMILES string of the molecule is Cc1ccc([N+](=O)[O-])cc1NS(=O)(=O)c1ccc2c(c1)sc(=O)n2C. The molecule has 3 aromatic rings. The number of nitrogens with zero attached hydrogens (tertiary/aromatic N) is 2. The summed E-state index contributed by atoms with van der Waals surface area (Å²) in [5.74, 6) is 0. The number of thiazole rings is 1. The summed E-state index contributed by atoms with van der Waals surface area (Å²) in [7, 11) is -2.34. The van der Waals surface area contributed by atoms with Crippen molar-refractivity contribution < 1.29 is 13.3 Å². The molecule has 130 valence electrons. The Bertz CT molecular complexity index is 1160. The van der Waals surface area contributed by atoms with E-state index < -0.39 is 14.9 Å². The highest BCUT2D eigenvalue weighted by Crippen LogP contribution is 2.26. The Morgan fingerprint density at radius 1 is 1.20 bits per heavy atom. The second-order valence-corrected chi connectivity index (χ2v) is 8.09. The summed E-state index contributed by atoms with van der Waals surface area (Å²) in [6.45, 7) is 1.65. The van der Waals surface area contributed by atoms with Gasteiger partial charge in [-0.2, -0.15) is 0 Å². The van der Waals surface area contributed by atoms with E-state index in [-0.39, 0.29) is 21.1 Å². The molecule has 0 unspecified atom stereocenters. The monoisotopic (exact) mass is 379 g/mol. The molecule has 2 aromatic carbocycles. The summed E-state index contributed by atoms with van der Waals surface area (Å²) in [5, 5.41) is 10.9. The van der Waals surface area contributed by atoms with Gasteiger partial charge in [-0.1, -0.05) is 17.4 Å². The minimum atomic E-state index is -3.95. The van der Waals surface area contributed by atoms with E-state index in [9.17, 15) is 23.3 Å². The smallest absolute Gasteiger partial charge is 0.302 e. The summed E-state index contributed by atoms with van der Waals surface area (Å²) in [6.07, 6.45) is 0. The second kappa shape index (κ2) is 5.97. The van der Waals surface area contributed by atoms with Crippen molar-refractivity contribution in [2.75, 3.05) is 4.72 Å². The molecule has 0 atom stereocenters. The lowest BCUT2D eigenvalue weighted by molar-refractivity contribution is -0.384. The minimum absolute atomic E-state index is 0.0206. The van der Waals surface area contributed by atoms with E-state index >= 15 is 0 Å². The first-order chi connectivity index (χ1) is 11.7. The summed E-state index contributed by atoms with van der Waals surface area (Å²) < 4.78 is 29.6. The van der Waals surface area contributed by atoms with Crippen molar-refractivity contribution in [1.29, 1.82) is 0 Å². The van der Waals surface area contributed by atoms with Gasteiger partial charge in [-0.05, 0) is 30.7 Å². The lowest BCUT2D eigenvalue weighted by Crippen LogP contribution is -2.14. The van der Waals surface area contributed by atoms with Gasteiger partial charge >= 0.3 is 4.87 Å². The number of non-ortho nitro benzene ring substituents is 1. The van der Waals surface area contributed by atoms with Gasteiger partial charge in [-0.15, -0.1) is 0 Å². The first kappa shape index (κ1) is 17.1. The largest absolute Gasteiger partial charge is 0.307 e. The van der Waals surface area contributed by atoms with Gasteiger partial charge in [-0.3, -0.25) is 19.6 Å². The van der Waals surface area contributed by atoms with Crippen molar-refractivity contribution in [2.45, 2.75) is 11.8 Å². The number of nitro benzene ring substituents is 1. The maximum atomic E-state index is 12.6. The number of hydrogen-bond acceptors (Lipinski definition) is 6. The number of rotatable bonds is 4. The van der Waals surface area contributed by atoms with Crippen LogP contribution in [-0.2, 0) is 17.1 Å². The van der Waals surface area contributed by atoms with E-state index in [1.165, 1.54) is 34.9 Å². The molecule has 25 heavy (non-hydrogen) atoms. The summed E-state index contributed by atoms with van der Waals surface area (Å²) in [5.41, 5.74) is 1.12. The fourth-order valence-electron chi connectivity index (χ4n) is 2.32. The molecule has 1 heterocycles. The number of sulfonamides is 1. The van der Waals surface area contributed by atoms with Crippen molar-refractivity contribution in [3.05, 3.63) is 61.7 Å². The highest BCUT2D eigenvalue weighted by molar-refractivity contribution is 7.92. The van der Waals surface area contributed by atoms with Gasteiger partial charge in [0.15, 0.2) is 0 Å². The zero-order valence-corrected chi connectivity index (χ0v) is 14.8. The van der Waals surface area contributed by atoms with E-state index in [0.29, 0.717) is 15.8 Å². The van der Waals surface area contributed by atoms with Gasteiger partial charge in [0.05, 0.1) is 25.7 Å². The molecule has 0 aliphatic rings. The van der Waals surface area contributed by atoms with Crippen LogP contribution in [0.1, 0.15) is 5.56 Å². The number of aryl methyl sites for hydroxylation is 2. The summed E-state index contributed by atoms with van der Waals surface area (Å²) in [6, 6.07) is 8.32. The Labute approximate surface area is 146 Å². The van der Waals surface area contributed by atoms with Crippen molar-refractivity contribution >= 4 is 43.0 Å². The number of nitro groups is 1. The van der Waals surface area contributed by atoms with Crippen LogP contribution in [0.4, 0.5) is 11.4 Å². The van der Waals surface area contributed by atoms with Crippen LogP contribution < -0.4 is 9.60 Å². The third-order valence-corrected chi connectivity index (χ3v) is 6.11. The number of benzene rings is 2. The molecule has 0 saturated heterocycles. The molecule has 0 amide bonds. The molecule has 0 radical (unpaired) electrons. The van der Waals surface area contributed by atoms with E-state index in [1.54, 1.807) is 20.0 Å². The van der Waals surface area contributed by atoms with Crippen molar-refractivity contribution in [3.8, 4) is 0 Å². The molecular weight excluding hydrogens is 366 g/mol. The zero-order chi connectivity index (χ0) is 18.4. The quantitative estimate of drug-likeness (QED) is 0.553.